The fourth-order valence-corrected chi connectivity index (χ4v) is 10.6. The van der Waals surface area contributed by atoms with Gasteiger partial charge in [0.2, 0.25) is 11.8 Å². The number of amides is 2. The average molecular weight is 866 g/mol. The first-order valence-corrected chi connectivity index (χ1v) is 20.0. The lowest BCUT2D eigenvalue weighted by Gasteiger charge is -2.55. The fourth-order valence-electron chi connectivity index (χ4n) is 9.94. The van der Waals surface area contributed by atoms with E-state index in [1.54, 1.807) is 54.6 Å². The van der Waals surface area contributed by atoms with Gasteiger partial charge < -0.3 is 9.84 Å². The van der Waals surface area contributed by atoms with E-state index in [1.165, 1.54) is 18.1 Å². The van der Waals surface area contributed by atoms with Crippen molar-refractivity contribution in [2.75, 3.05) is 12.0 Å². The number of nitrogens with zero attached hydrogens (tertiary/aromatic N) is 1. The minimum atomic E-state index is -1.41. The first kappa shape index (κ1) is 36.7. The summed E-state index contributed by atoms with van der Waals surface area (Å²) >= 11 is 2.04. The average Bonchev–Trinajstić information content (AvgIpc) is 3.51. The highest BCUT2D eigenvalue weighted by atomic mass is 127. The number of rotatable bonds is 7. The van der Waals surface area contributed by atoms with Crippen LogP contribution < -0.4 is 9.64 Å². The highest BCUT2D eigenvalue weighted by molar-refractivity contribution is 14.1. The van der Waals surface area contributed by atoms with Crippen LogP contribution >= 0.6 is 22.6 Å². The molecule has 9 heteroatoms. The quantitative estimate of drug-likeness (QED) is 0.0758. The second-order valence-corrected chi connectivity index (χ2v) is 16.3. The molecule has 0 bridgehead atoms. The monoisotopic (exact) mass is 865 g/mol. The molecular weight excluding hydrogens is 829 g/mol. The largest absolute Gasteiger partial charge is 0.504 e. The van der Waals surface area contributed by atoms with Crippen molar-refractivity contribution in [3.8, 4) is 11.5 Å². The normalized spacial score (nSPS) is 25.2. The first-order chi connectivity index (χ1) is 27.6. The van der Waals surface area contributed by atoms with Gasteiger partial charge in [0.1, 0.15) is 0 Å². The number of carbonyl (C=O) groups is 5. The molecule has 2 amide bonds. The van der Waals surface area contributed by atoms with Crippen molar-refractivity contribution in [1.29, 1.82) is 0 Å². The summed E-state index contributed by atoms with van der Waals surface area (Å²) in [5.41, 5.74) is 3.00. The highest BCUT2D eigenvalue weighted by Gasteiger charge is 2.66. The number of benzene rings is 5. The van der Waals surface area contributed by atoms with E-state index in [-0.39, 0.29) is 53.5 Å². The molecule has 6 atom stereocenters. The molecule has 282 valence electrons. The van der Waals surface area contributed by atoms with Crippen LogP contribution in [0, 0.1) is 27.2 Å². The smallest absolute Gasteiger partial charge is 0.238 e. The van der Waals surface area contributed by atoms with Gasteiger partial charge in [0.25, 0.3) is 0 Å². The molecule has 8 nitrogen and oxygen atoms in total. The summed E-state index contributed by atoms with van der Waals surface area (Å²) in [6, 6.07) is 37.5. The summed E-state index contributed by atoms with van der Waals surface area (Å²) in [7, 11) is 1.46. The Morgan fingerprint density at radius 3 is 2.09 bits per heavy atom. The number of phenolic OH excluding ortho intramolecular Hbond substituents is 1. The molecule has 9 rings (SSSR count). The molecule has 0 unspecified atom stereocenters. The van der Waals surface area contributed by atoms with Crippen molar-refractivity contribution in [3.05, 3.63) is 177 Å². The number of halogens is 1. The molecular formula is C48H36INO7. The van der Waals surface area contributed by atoms with Crippen LogP contribution in [0.5, 0.6) is 11.5 Å². The Balaban J connectivity index is 1.19. The minimum absolute atomic E-state index is 0.0433. The van der Waals surface area contributed by atoms with Gasteiger partial charge in [-0.1, -0.05) is 103 Å². The number of allylic oxidation sites excluding steroid dienone is 4. The lowest BCUT2D eigenvalue weighted by molar-refractivity contribution is -0.135. The van der Waals surface area contributed by atoms with Gasteiger partial charge in [-0.05, 0) is 101 Å². The number of aromatic hydroxyl groups is 1. The van der Waals surface area contributed by atoms with Crippen LogP contribution in [0.1, 0.15) is 51.4 Å². The Hall–Kier alpha value is -5.94. The van der Waals surface area contributed by atoms with E-state index in [4.69, 9.17) is 4.74 Å². The molecule has 57 heavy (non-hydrogen) atoms. The number of carbonyl (C=O) groups excluding carboxylic acids is 5. The third-order valence-corrected chi connectivity index (χ3v) is 13.2. The Morgan fingerprint density at radius 2 is 1.42 bits per heavy atom. The highest BCUT2D eigenvalue weighted by Crippen LogP contribution is 2.64. The zero-order chi connectivity index (χ0) is 39.6. The number of ether oxygens (including phenoxy) is 1. The molecule has 1 heterocycles. The Kier molecular flexibility index (Phi) is 9.15. The van der Waals surface area contributed by atoms with E-state index in [0.29, 0.717) is 42.6 Å². The Bertz CT molecular complexity index is 2550. The summed E-state index contributed by atoms with van der Waals surface area (Å²) in [6.07, 6.45) is 3.92. The van der Waals surface area contributed by atoms with Gasteiger partial charge in [-0.2, -0.15) is 0 Å². The van der Waals surface area contributed by atoms with Gasteiger partial charge >= 0.3 is 0 Å². The van der Waals surface area contributed by atoms with E-state index in [2.05, 4.69) is 0 Å². The topological polar surface area (TPSA) is 118 Å². The number of ketones is 3. The van der Waals surface area contributed by atoms with Gasteiger partial charge in [-0.3, -0.25) is 28.9 Å². The summed E-state index contributed by atoms with van der Waals surface area (Å²) in [4.78, 5) is 74.1. The zero-order valence-electron chi connectivity index (χ0n) is 30.8. The standard InChI is InChI=1S/C48H36INO7/c1-57-39-24-30(23-38(49)45(39)54)42-33-21-22-34-41(47(56)50(46(34)55)32-19-17-29(18-20-32)43(52)28-13-7-3-8-14-28)36(33)25-37-44(53)35(27-11-5-2-6-12-27)26-40(51)48(37,42)31-15-9-4-10-16-31/h2-21,23-24,26,34,36-37,41-42,54H,22,25H2,1H3/t34-,36+,37-,41-,42-,48-/m0/s1. The number of methoxy groups -OCH3 is 1. The van der Waals surface area contributed by atoms with Crippen LogP contribution in [-0.2, 0) is 24.6 Å². The van der Waals surface area contributed by atoms with Crippen molar-refractivity contribution in [1.82, 2.24) is 0 Å². The molecule has 4 aliphatic rings. The van der Waals surface area contributed by atoms with E-state index in [9.17, 15) is 19.5 Å². The summed E-state index contributed by atoms with van der Waals surface area (Å²) in [5.74, 6) is -4.86. The Labute approximate surface area is 343 Å². The number of hydrogen-bond donors (Lipinski definition) is 1. The number of anilines is 1. The summed E-state index contributed by atoms with van der Waals surface area (Å²) in [6.45, 7) is 0. The molecule has 5 aromatic rings. The maximum absolute atomic E-state index is 15.3. The molecule has 1 N–H and O–H groups in total. The second-order valence-electron chi connectivity index (χ2n) is 15.1. The SMILES string of the molecule is COc1cc([C@H]2C3=CC[C@@H]4C(=O)N(c5ccc(C(=O)c6ccccc6)cc5)C(=O)[C@@H]4[C@@H]3C[C@H]3C(=O)C(c4ccccc4)=CC(=O)[C@@]23c2ccccc2)cc(I)c1O. The Morgan fingerprint density at radius 1 is 0.789 bits per heavy atom. The molecule has 1 saturated heterocycles. The molecule has 2 fully saturated rings. The minimum Gasteiger partial charge on any atom is -0.504 e. The van der Waals surface area contributed by atoms with Crippen molar-refractivity contribution >= 4 is 63.0 Å². The molecule has 1 saturated carbocycles. The lowest BCUT2D eigenvalue weighted by atomic mass is 9.44. The first-order valence-electron chi connectivity index (χ1n) is 18.9. The van der Waals surface area contributed by atoms with Crippen molar-refractivity contribution < 1.29 is 33.8 Å². The maximum Gasteiger partial charge on any atom is 0.238 e. The van der Waals surface area contributed by atoms with Crippen LogP contribution in [0.15, 0.2) is 145 Å². The number of phenols is 1. The fraction of sp³-hybridized carbons (Fsp3) is 0.188. The third kappa shape index (κ3) is 5.65. The summed E-state index contributed by atoms with van der Waals surface area (Å²) < 4.78 is 6.14. The molecule has 1 aliphatic heterocycles. The van der Waals surface area contributed by atoms with Crippen LogP contribution in [0.25, 0.3) is 5.57 Å². The van der Waals surface area contributed by atoms with E-state index in [1.807, 2.05) is 101 Å². The third-order valence-electron chi connectivity index (χ3n) is 12.4. The lowest BCUT2D eigenvalue weighted by Crippen LogP contribution is -2.58. The number of Topliss-reactive ketones (excluding diaryl/α,β-unsaturated/α-hetero) is 1. The van der Waals surface area contributed by atoms with Crippen molar-refractivity contribution in [2.24, 2.45) is 23.7 Å². The van der Waals surface area contributed by atoms with Crippen LogP contribution in [0.2, 0.25) is 0 Å². The van der Waals surface area contributed by atoms with Gasteiger partial charge in [-0.15, -0.1) is 0 Å². The van der Waals surface area contributed by atoms with E-state index in [0.717, 1.165) is 5.57 Å². The molecule has 0 spiro atoms. The second kappa shape index (κ2) is 14.2. The van der Waals surface area contributed by atoms with Gasteiger partial charge in [0, 0.05) is 28.5 Å². The van der Waals surface area contributed by atoms with Crippen molar-refractivity contribution in [3.63, 3.8) is 0 Å². The van der Waals surface area contributed by atoms with Crippen molar-refractivity contribution in [2.45, 2.75) is 24.2 Å². The van der Waals surface area contributed by atoms with E-state index < -0.39 is 35.0 Å². The van der Waals surface area contributed by atoms with Crippen LogP contribution in [-0.4, -0.2) is 41.4 Å². The maximum atomic E-state index is 15.3. The zero-order valence-corrected chi connectivity index (χ0v) is 33.0. The number of fused-ring (bicyclic) bond motifs is 4. The van der Waals surface area contributed by atoms with E-state index >= 15 is 9.59 Å². The molecule has 0 radical (unpaired) electrons. The molecule has 3 aliphatic carbocycles. The number of hydrogen-bond acceptors (Lipinski definition) is 7. The van der Waals surface area contributed by atoms with Gasteiger partial charge in [0.05, 0.1) is 33.6 Å². The predicted molar refractivity (Wildman–Crippen MR) is 223 cm³/mol. The predicted octanol–water partition coefficient (Wildman–Crippen LogP) is 8.27. The number of imide groups is 1. The molecule has 0 aromatic heterocycles. The summed E-state index contributed by atoms with van der Waals surface area (Å²) in [5, 5.41) is 11.0. The van der Waals surface area contributed by atoms with Crippen LogP contribution in [0.3, 0.4) is 0 Å². The van der Waals surface area contributed by atoms with Gasteiger partial charge in [-0.25, -0.2) is 0 Å². The van der Waals surface area contributed by atoms with Gasteiger partial charge in [0.15, 0.2) is 28.8 Å². The molecule has 5 aromatic carbocycles. The van der Waals surface area contributed by atoms with Crippen LogP contribution in [0.4, 0.5) is 5.69 Å².